The molecule has 2 heterocycles. The van der Waals surface area contributed by atoms with Gasteiger partial charge in [0, 0.05) is 41.3 Å². The molecule has 0 saturated carbocycles. The summed E-state index contributed by atoms with van der Waals surface area (Å²) in [6, 6.07) is 8.30. The van der Waals surface area contributed by atoms with E-state index in [1.54, 1.807) is 0 Å². The summed E-state index contributed by atoms with van der Waals surface area (Å²) in [5.41, 5.74) is 3.34. The van der Waals surface area contributed by atoms with Crippen molar-refractivity contribution in [3.8, 4) is 0 Å². The molecule has 0 saturated heterocycles. The number of hydrogen-bond donors (Lipinski definition) is 3. The average molecular weight is 259 g/mol. The Labute approximate surface area is 108 Å². The van der Waals surface area contributed by atoms with Crippen LogP contribution in [0.4, 0.5) is 0 Å². The highest BCUT2D eigenvalue weighted by Gasteiger charge is 2.01. The maximum absolute atomic E-state index is 11.0. The fraction of sp³-hybridized carbons (Fsp3) is 0.154. The first-order valence-electron chi connectivity index (χ1n) is 5.75. The first-order valence-corrected chi connectivity index (χ1v) is 6.63. The predicted octanol–water partition coefficient (Wildman–Crippen LogP) is 2.21. The molecule has 0 spiro atoms. The SMILES string of the molecule is O=c1[nH]c(CNCc2cccc3[nH]ccc23)cs1. The van der Waals surface area contributed by atoms with Gasteiger partial charge in [-0.15, -0.1) is 0 Å². The van der Waals surface area contributed by atoms with Gasteiger partial charge in [0.25, 0.3) is 0 Å². The Kier molecular flexibility index (Phi) is 3.00. The third-order valence-electron chi connectivity index (χ3n) is 2.89. The lowest BCUT2D eigenvalue weighted by Crippen LogP contribution is -2.13. The predicted molar refractivity (Wildman–Crippen MR) is 73.8 cm³/mol. The van der Waals surface area contributed by atoms with E-state index in [-0.39, 0.29) is 4.87 Å². The number of hydrogen-bond acceptors (Lipinski definition) is 3. The normalized spacial score (nSPS) is 11.1. The van der Waals surface area contributed by atoms with Crippen LogP contribution in [0.5, 0.6) is 0 Å². The molecule has 0 aliphatic rings. The molecule has 0 aliphatic heterocycles. The summed E-state index contributed by atoms with van der Waals surface area (Å²) in [5, 5.41) is 6.43. The fourth-order valence-corrected chi connectivity index (χ4v) is 2.62. The Bertz CT molecular complexity index is 710. The van der Waals surface area contributed by atoms with Gasteiger partial charge in [0.15, 0.2) is 0 Å². The maximum Gasteiger partial charge on any atom is 0.304 e. The van der Waals surface area contributed by atoms with Crippen LogP contribution in [0.15, 0.2) is 40.6 Å². The lowest BCUT2D eigenvalue weighted by Gasteiger charge is -2.05. The van der Waals surface area contributed by atoms with Crippen molar-refractivity contribution in [2.75, 3.05) is 0 Å². The summed E-state index contributed by atoms with van der Waals surface area (Å²) in [4.78, 5) is 17.0. The van der Waals surface area contributed by atoms with E-state index >= 15 is 0 Å². The summed E-state index contributed by atoms with van der Waals surface area (Å²) in [6.07, 6.45) is 1.95. The first-order chi connectivity index (χ1) is 8.83. The fourth-order valence-electron chi connectivity index (χ4n) is 2.04. The lowest BCUT2D eigenvalue weighted by atomic mass is 10.1. The van der Waals surface area contributed by atoms with Crippen LogP contribution >= 0.6 is 11.3 Å². The molecule has 2 aromatic heterocycles. The van der Waals surface area contributed by atoms with Gasteiger partial charge in [-0.25, -0.2) is 0 Å². The van der Waals surface area contributed by atoms with Crippen LogP contribution in [0.1, 0.15) is 11.3 Å². The van der Waals surface area contributed by atoms with Crippen molar-refractivity contribution in [3.63, 3.8) is 0 Å². The smallest absolute Gasteiger partial charge is 0.304 e. The van der Waals surface area contributed by atoms with Gasteiger partial charge in [-0.05, 0) is 17.7 Å². The monoisotopic (exact) mass is 259 g/mol. The van der Waals surface area contributed by atoms with Gasteiger partial charge in [0.2, 0.25) is 0 Å². The Balaban J connectivity index is 1.69. The number of aromatic amines is 2. The van der Waals surface area contributed by atoms with Crippen molar-refractivity contribution in [2.24, 2.45) is 0 Å². The van der Waals surface area contributed by atoms with Crippen LogP contribution in [-0.2, 0) is 13.1 Å². The van der Waals surface area contributed by atoms with Crippen molar-refractivity contribution in [1.82, 2.24) is 15.3 Å². The molecule has 3 N–H and O–H groups in total. The van der Waals surface area contributed by atoms with E-state index < -0.39 is 0 Å². The van der Waals surface area contributed by atoms with Crippen molar-refractivity contribution in [2.45, 2.75) is 13.1 Å². The van der Waals surface area contributed by atoms with E-state index in [9.17, 15) is 4.79 Å². The summed E-state index contributed by atoms with van der Waals surface area (Å²) in [7, 11) is 0. The van der Waals surface area contributed by atoms with E-state index in [4.69, 9.17) is 0 Å². The van der Waals surface area contributed by atoms with E-state index in [1.165, 1.54) is 22.3 Å². The first kappa shape index (κ1) is 11.3. The number of thiazole rings is 1. The summed E-state index contributed by atoms with van der Waals surface area (Å²) in [6.45, 7) is 1.46. The minimum absolute atomic E-state index is 0.000430. The molecule has 3 rings (SSSR count). The average Bonchev–Trinajstić information content (AvgIpc) is 2.98. The zero-order valence-electron chi connectivity index (χ0n) is 9.69. The number of aromatic nitrogens is 2. The zero-order chi connectivity index (χ0) is 12.4. The maximum atomic E-state index is 11.0. The van der Waals surface area contributed by atoms with Gasteiger partial charge in [-0.1, -0.05) is 23.5 Å². The minimum atomic E-state index is -0.000430. The largest absolute Gasteiger partial charge is 0.361 e. The lowest BCUT2D eigenvalue weighted by molar-refractivity contribution is 0.684. The summed E-state index contributed by atoms with van der Waals surface area (Å²) in [5.74, 6) is 0. The van der Waals surface area contributed by atoms with Gasteiger partial charge >= 0.3 is 4.87 Å². The van der Waals surface area contributed by atoms with Crippen molar-refractivity contribution in [1.29, 1.82) is 0 Å². The van der Waals surface area contributed by atoms with Crippen molar-refractivity contribution < 1.29 is 0 Å². The number of nitrogens with one attached hydrogen (secondary N) is 3. The molecule has 0 bridgehead atoms. The second-order valence-corrected chi connectivity index (χ2v) is 4.98. The highest BCUT2D eigenvalue weighted by molar-refractivity contribution is 7.07. The van der Waals surface area contributed by atoms with Crippen LogP contribution in [0.2, 0.25) is 0 Å². The molecule has 0 unspecified atom stereocenters. The van der Waals surface area contributed by atoms with E-state index in [2.05, 4.69) is 33.5 Å². The number of H-pyrrole nitrogens is 2. The summed E-state index contributed by atoms with van der Waals surface area (Å²) >= 11 is 1.20. The molecule has 92 valence electrons. The second kappa shape index (κ2) is 4.80. The van der Waals surface area contributed by atoms with Crippen LogP contribution in [0.3, 0.4) is 0 Å². The highest BCUT2D eigenvalue weighted by Crippen LogP contribution is 2.17. The molecule has 4 nitrogen and oxygen atoms in total. The molecule has 3 aromatic rings. The van der Waals surface area contributed by atoms with E-state index in [0.717, 1.165) is 17.8 Å². The standard InChI is InChI=1S/C13H13N3OS/c17-13-16-10(8-18-13)7-14-6-9-2-1-3-12-11(9)4-5-15-12/h1-5,8,14-15H,6-7H2,(H,16,17). The van der Waals surface area contributed by atoms with Gasteiger partial charge in [0.1, 0.15) is 0 Å². The molecule has 0 fully saturated rings. The highest BCUT2D eigenvalue weighted by atomic mass is 32.1. The zero-order valence-corrected chi connectivity index (χ0v) is 10.5. The topological polar surface area (TPSA) is 60.7 Å². The van der Waals surface area contributed by atoms with Gasteiger partial charge in [-0.3, -0.25) is 4.79 Å². The molecule has 5 heteroatoms. The molecule has 0 atom stereocenters. The molecular formula is C13H13N3OS. The summed E-state index contributed by atoms with van der Waals surface area (Å²) < 4.78 is 0. The molecule has 1 aromatic carbocycles. The van der Waals surface area contributed by atoms with E-state index in [0.29, 0.717) is 6.54 Å². The van der Waals surface area contributed by atoms with Crippen molar-refractivity contribution >= 4 is 22.2 Å². The quantitative estimate of drug-likeness (QED) is 0.672. The van der Waals surface area contributed by atoms with Crippen LogP contribution in [-0.4, -0.2) is 9.97 Å². The molecular weight excluding hydrogens is 246 g/mol. The number of rotatable bonds is 4. The van der Waals surface area contributed by atoms with E-state index in [1.807, 2.05) is 17.6 Å². The van der Waals surface area contributed by atoms with Crippen molar-refractivity contribution in [3.05, 3.63) is 56.8 Å². The number of fused-ring (bicyclic) bond motifs is 1. The molecule has 0 amide bonds. The Morgan fingerprint density at radius 3 is 3.00 bits per heavy atom. The van der Waals surface area contributed by atoms with Crippen LogP contribution in [0, 0.1) is 0 Å². The third-order valence-corrected chi connectivity index (χ3v) is 3.61. The third kappa shape index (κ3) is 2.23. The van der Waals surface area contributed by atoms with Crippen LogP contribution < -0.4 is 10.2 Å². The molecule has 0 aliphatic carbocycles. The Morgan fingerprint density at radius 2 is 2.17 bits per heavy atom. The Hall–Kier alpha value is -1.85. The van der Waals surface area contributed by atoms with Gasteiger partial charge in [-0.2, -0.15) is 0 Å². The van der Waals surface area contributed by atoms with Gasteiger partial charge < -0.3 is 15.3 Å². The van der Waals surface area contributed by atoms with Gasteiger partial charge in [0.05, 0.1) is 0 Å². The molecule has 0 radical (unpaired) electrons. The second-order valence-electron chi connectivity index (χ2n) is 4.13. The number of benzene rings is 1. The minimum Gasteiger partial charge on any atom is -0.361 e. The Morgan fingerprint density at radius 1 is 1.22 bits per heavy atom. The van der Waals surface area contributed by atoms with Crippen LogP contribution in [0.25, 0.3) is 10.9 Å². The molecule has 18 heavy (non-hydrogen) atoms.